The Balaban J connectivity index is 1.51. The summed E-state index contributed by atoms with van der Waals surface area (Å²) in [5.74, 6) is -0.0760. The Morgan fingerprint density at radius 1 is 1.07 bits per heavy atom. The highest BCUT2D eigenvalue weighted by molar-refractivity contribution is 5.85. The molecule has 0 unspecified atom stereocenters. The van der Waals surface area contributed by atoms with Crippen molar-refractivity contribution < 1.29 is 30.0 Å². The second-order valence-corrected chi connectivity index (χ2v) is 10.8. The fourth-order valence-corrected chi connectivity index (χ4v) is 8.52. The summed E-state index contributed by atoms with van der Waals surface area (Å²) in [6, 6.07) is 0. The van der Waals surface area contributed by atoms with Crippen LogP contribution in [-0.2, 0) is 9.53 Å². The molecule has 0 spiro atoms. The van der Waals surface area contributed by atoms with E-state index >= 15 is 0 Å². The van der Waals surface area contributed by atoms with E-state index in [4.69, 9.17) is 4.74 Å². The first-order valence-corrected chi connectivity index (χ1v) is 11.3. The molecule has 0 radical (unpaired) electrons. The highest BCUT2D eigenvalue weighted by Crippen LogP contribution is 2.70. The van der Waals surface area contributed by atoms with Crippen molar-refractivity contribution in [1.29, 1.82) is 0 Å². The number of hydrogen-bond acceptors (Lipinski definition) is 6. The Hall–Kier alpha value is -0.950. The van der Waals surface area contributed by atoms with Crippen molar-refractivity contribution in [3.05, 3.63) is 11.6 Å². The molecule has 0 bridgehead atoms. The van der Waals surface area contributed by atoms with E-state index in [0.29, 0.717) is 45.1 Å². The first-order valence-electron chi connectivity index (χ1n) is 11.3. The Morgan fingerprint density at radius 3 is 2.52 bits per heavy atom. The molecule has 162 valence electrons. The predicted molar refractivity (Wildman–Crippen MR) is 105 cm³/mol. The largest absolute Gasteiger partial charge is 0.458 e. The molecule has 6 heteroatoms. The van der Waals surface area contributed by atoms with Crippen LogP contribution in [0.2, 0.25) is 0 Å². The lowest BCUT2D eigenvalue weighted by Gasteiger charge is -2.66. The van der Waals surface area contributed by atoms with E-state index in [2.05, 4.69) is 6.92 Å². The average molecular weight is 407 g/mol. The molecule has 1 aliphatic heterocycles. The van der Waals surface area contributed by atoms with E-state index in [9.17, 15) is 25.2 Å². The Labute approximate surface area is 172 Å². The molecule has 5 rings (SSSR count). The number of aliphatic hydroxyl groups is 4. The van der Waals surface area contributed by atoms with E-state index in [1.807, 2.05) is 0 Å². The normalized spacial score (nSPS) is 54.2. The van der Waals surface area contributed by atoms with Crippen molar-refractivity contribution in [3.8, 4) is 0 Å². The third-order valence-electron chi connectivity index (χ3n) is 10.1. The highest BCUT2D eigenvalue weighted by Gasteiger charge is 2.71. The Morgan fingerprint density at radius 2 is 1.83 bits per heavy atom. The van der Waals surface area contributed by atoms with Gasteiger partial charge in [0.15, 0.2) is 0 Å². The van der Waals surface area contributed by atoms with Crippen LogP contribution in [0, 0.1) is 28.6 Å². The van der Waals surface area contributed by atoms with Crippen LogP contribution in [0.15, 0.2) is 11.6 Å². The number of fused-ring (bicyclic) bond motifs is 5. The zero-order chi connectivity index (χ0) is 20.7. The van der Waals surface area contributed by atoms with E-state index in [0.717, 1.165) is 24.8 Å². The van der Waals surface area contributed by atoms with Crippen LogP contribution in [0.25, 0.3) is 0 Å². The van der Waals surface area contributed by atoms with Gasteiger partial charge >= 0.3 is 5.97 Å². The lowest BCUT2D eigenvalue weighted by atomic mass is 9.41. The molecule has 29 heavy (non-hydrogen) atoms. The van der Waals surface area contributed by atoms with Gasteiger partial charge in [-0.1, -0.05) is 6.92 Å². The quantitative estimate of drug-likeness (QED) is 0.520. The maximum atomic E-state index is 12.1. The molecule has 4 N–H and O–H groups in total. The van der Waals surface area contributed by atoms with E-state index in [1.54, 1.807) is 6.08 Å². The SMILES string of the molecule is C[C@]12CC[C@H]3[C@@H](CC[C@]4(O)C[C@H](O)CC[C@]34CO)[C@]1(O)CC[C@@H]2C1=CC(=O)OC1. The van der Waals surface area contributed by atoms with Gasteiger partial charge in [-0.25, -0.2) is 4.79 Å². The van der Waals surface area contributed by atoms with Gasteiger partial charge in [-0.15, -0.1) is 0 Å². The minimum absolute atomic E-state index is 0.0209. The van der Waals surface area contributed by atoms with Gasteiger partial charge in [-0.3, -0.25) is 0 Å². The van der Waals surface area contributed by atoms with Crippen molar-refractivity contribution in [1.82, 2.24) is 0 Å². The average Bonchev–Trinajstić information content (AvgIpc) is 3.21. The summed E-state index contributed by atoms with van der Waals surface area (Å²) < 4.78 is 5.17. The number of hydrogen-bond donors (Lipinski definition) is 4. The second kappa shape index (κ2) is 6.28. The molecule has 4 fully saturated rings. The van der Waals surface area contributed by atoms with Gasteiger partial charge in [0.05, 0.1) is 23.9 Å². The lowest BCUT2D eigenvalue weighted by molar-refractivity contribution is -0.269. The molecule has 0 aromatic heterocycles. The summed E-state index contributed by atoms with van der Waals surface area (Å²) in [5, 5.41) is 44.4. The minimum atomic E-state index is -1.06. The molecule has 4 aliphatic carbocycles. The van der Waals surface area contributed by atoms with Crippen LogP contribution >= 0.6 is 0 Å². The number of aliphatic hydroxyl groups excluding tert-OH is 2. The highest BCUT2D eigenvalue weighted by atomic mass is 16.5. The van der Waals surface area contributed by atoms with Crippen molar-refractivity contribution in [3.63, 3.8) is 0 Å². The lowest BCUT2D eigenvalue weighted by Crippen LogP contribution is -2.69. The third-order valence-corrected chi connectivity index (χ3v) is 10.1. The standard InChI is InChI=1S/C23H34O6/c1-20-6-3-17-18(4-8-22(27)11-15(25)2-7-21(17,22)13-24)23(20,28)9-5-16(20)14-10-19(26)29-12-14/h10,15-18,24-25,27-28H,2-9,11-13H2,1H3/t15-,16-,17+,18-,20-,21+,22+,23-/m1/s1. The van der Waals surface area contributed by atoms with Crippen LogP contribution in [0.4, 0.5) is 0 Å². The summed E-state index contributed by atoms with van der Waals surface area (Å²) >= 11 is 0. The summed E-state index contributed by atoms with van der Waals surface area (Å²) in [6.45, 7) is 2.41. The van der Waals surface area contributed by atoms with E-state index in [-0.39, 0.29) is 35.7 Å². The van der Waals surface area contributed by atoms with Crippen LogP contribution in [0.3, 0.4) is 0 Å². The number of esters is 1. The van der Waals surface area contributed by atoms with Crippen LogP contribution < -0.4 is 0 Å². The van der Waals surface area contributed by atoms with Crippen molar-refractivity contribution in [2.75, 3.05) is 13.2 Å². The molecule has 0 aromatic carbocycles. The maximum Gasteiger partial charge on any atom is 0.331 e. The molecule has 4 saturated carbocycles. The topological polar surface area (TPSA) is 107 Å². The van der Waals surface area contributed by atoms with Crippen molar-refractivity contribution in [2.45, 2.75) is 82.0 Å². The second-order valence-electron chi connectivity index (χ2n) is 10.8. The molecule has 5 aliphatic rings. The smallest absolute Gasteiger partial charge is 0.331 e. The fraction of sp³-hybridized carbons (Fsp3) is 0.870. The van der Waals surface area contributed by atoms with Crippen LogP contribution in [0.1, 0.15) is 64.7 Å². The molecular formula is C23H34O6. The predicted octanol–water partition coefficient (Wildman–Crippen LogP) is 1.69. The molecule has 0 amide bonds. The van der Waals surface area contributed by atoms with Crippen LogP contribution in [0.5, 0.6) is 0 Å². The summed E-state index contributed by atoms with van der Waals surface area (Å²) in [7, 11) is 0. The zero-order valence-electron chi connectivity index (χ0n) is 17.3. The molecule has 0 saturated heterocycles. The maximum absolute atomic E-state index is 12.1. The molecule has 1 heterocycles. The van der Waals surface area contributed by atoms with Gasteiger partial charge in [0.25, 0.3) is 0 Å². The number of carbonyl (C=O) groups excluding carboxylic acids is 1. The first kappa shape index (κ1) is 20.0. The zero-order valence-corrected chi connectivity index (χ0v) is 17.3. The number of carbonyl (C=O) groups is 1. The summed E-state index contributed by atoms with van der Waals surface area (Å²) in [6.07, 6.45) is 7.02. The first-order chi connectivity index (χ1) is 13.7. The summed E-state index contributed by atoms with van der Waals surface area (Å²) in [4.78, 5) is 11.6. The van der Waals surface area contributed by atoms with Gasteiger partial charge in [0.2, 0.25) is 0 Å². The summed E-state index contributed by atoms with van der Waals surface area (Å²) in [5.41, 5.74) is -1.88. The molecule has 8 atom stereocenters. The van der Waals surface area contributed by atoms with Gasteiger partial charge < -0.3 is 25.2 Å². The fourth-order valence-electron chi connectivity index (χ4n) is 8.52. The van der Waals surface area contributed by atoms with Gasteiger partial charge in [-0.05, 0) is 74.7 Å². The number of ether oxygens (including phenoxy) is 1. The third kappa shape index (κ3) is 2.40. The van der Waals surface area contributed by atoms with Gasteiger partial charge in [0.1, 0.15) is 6.61 Å². The van der Waals surface area contributed by atoms with Crippen molar-refractivity contribution in [2.24, 2.45) is 28.6 Å². The van der Waals surface area contributed by atoms with Gasteiger partial charge in [-0.2, -0.15) is 0 Å². The number of rotatable bonds is 2. The Bertz CT molecular complexity index is 750. The van der Waals surface area contributed by atoms with E-state index < -0.39 is 22.7 Å². The van der Waals surface area contributed by atoms with E-state index in [1.165, 1.54) is 0 Å². The van der Waals surface area contributed by atoms with Crippen molar-refractivity contribution >= 4 is 5.97 Å². The van der Waals surface area contributed by atoms with Gasteiger partial charge in [0, 0.05) is 23.3 Å². The van der Waals surface area contributed by atoms with Crippen LogP contribution in [-0.4, -0.2) is 56.9 Å². The molecule has 6 nitrogen and oxygen atoms in total. The Kier molecular flexibility index (Phi) is 4.33. The monoisotopic (exact) mass is 406 g/mol. The minimum Gasteiger partial charge on any atom is -0.458 e. The molecule has 0 aromatic rings. The molecular weight excluding hydrogens is 372 g/mol. The number of cyclic esters (lactones) is 1.